The van der Waals surface area contributed by atoms with Crippen LogP contribution in [0, 0.1) is 5.41 Å². The lowest BCUT2D eigenvalue weighted by atomic mass is 10.0. The summed E-state index contributed by atoms with van der Waals surface area (Å²) in [6.07, 6.45) is 4.26. The third-order valence-electron chi connectivity index (χ3n) is 3.39. The maximum atomic E-state index is 11.2. The first kappa shape index (κ1) is 13.5. The van der Waals surface area contributed by atoms with E-state index >= 15 is 0 Å². The molecule has 0 bridgehead atoms. The first-order valence-electron chi connectivity index (χ1n) is 6.05. The largest absolute Gasteiger partial charge is 0.385 e. The molecule has 16 heavy (non-hydrogen) atoms. The van der Waals surface area contributed by atoms with Crippen molar-refractivity contribution in [2.75, 3.05) is 27.3 Å². The van der Waals surface area contributed by atoms with Crippen molar-refractivity contribution in [2.24, 2.45) is 5.41 Å². The summed E-state index contributed by atoms with van der Waals surface area (Å²) in [6, 6.07) is 0.250. The monoisotopic (exact) mass is 228 g/mol. The molecule has 1 rings (SSSR count). The SMILES string of the molecule is CNC(=O)CC(C)NCC1(CCOC)CC1. The number of ether oxygens (including phenoxy) is 1. The molecule has 1 atom stereocenters. The van der Waals surface area contributed by atoms with E-state index < -0.39 is 0 Å². The van der Waals surface area contributed by atoms with Crippen molar-refractivity contribution in [3.8, 4) is 0 Å². The molecule has 1 amide bonds. The van der Waals surface area contributed by atoms with Gasteiger partial charge in [-0.2, -0.15) is 0 Å². The van der Waals surface area contributed by atoms with Gasteiger partial charge >= 0.3 is 0 Å². The van der Waals surface area contributed by atoms with E-state index in [1.807, 2.05) is 0 Å². The summed E-state index contributed by atoms with van der Waals surface area (Å²) in [5.41, 5.74) is 0.451. The van der Waals surface area contributed by atoms with Crippen molar-refractivity contribution in [1.29, 1.82) is 0 Å². The second kappa shape index (κ2) is 6.21. The van der Waals surface area contributed by atoms with E-state index in [4.69, 9.17) is 4.74 Å². The number of carbonyl (C=O) groups is 1. The molecule has 4 nitrogen and oxygen atoms in total. The predicted octanol–water partition coefficient (Wildman–Crippen LogP) is 0.917. The Balaban J connectivity index is 2.16. The maximum absolute atomic E-state index is 11.2. The number of nitrogens with one attached hydrogen (secondary N) is 2. The molecular weight excluding hydrogens is 204 g/mol. The van der Waals surface area contributed by atoms with Crippen LogP contribution in [0.2, 0.25) is 0 Å². The number of carbonyl (C=O) groups excluding carboxylic acids is 1. The summed E-state index contributed by atoms with van der Waals surface area (Å²) in [4.78, 5) is 11.2. The Hall–Kier alpha value is -0.610. The normalized spacial score (nSPS) is 19.2. The van der Waals surface area contributed by atoms with Gasteiger partial charge in [0.1, 0.15) is 0 Å². The minimum Gasteiger partial charge on any atom is -0.385 e. The van der Waals surface area contributed by atoms with Crippen LogP contribution in [-0.2, 0) is 9.53 Å². The Morgan fingerprint density at radius 2 is 2.19 bits per heavy atom. The van der Waals surface area contributed by atoms with Crippen molar-refractivity contribution in [3.05, 3.63) is 0 Å². The zero-order valence-corrected chi connectivity index (χ0v) is 10.6. The van der Waals surface area contributed by atoms with Crippen LogP contribution in [0.3, 0.4) is 0 Å². The third-order valence-corrected chi connectivity index (χ3v) is 3.39. The van der Waals surface area contributed by atoms with E-state index in [0.717, 1.165) is 19.6 Å². The van der Waals surface area contributed by atoms with Crippen LogP contribution in [0.5, 0.6) is 0 Å². The Labute approximate surface area is 98.1 Å². The second-order valence-corrected chi connectivity index (χ2v) is 4.90. The second-order valence-electron chi connectivity index (χ2n) is 4.90. The summed E-state index contributed by atoms with van der Waals surface area (Å²) in [6.45, 7) is 3.90. The molecule has 0 aliphatic heterocycles. The Morgan fingerprint density at radius 3 is 2.69 bits per heavy atom. The molecule has 2 N–H and O–H groups in total. The predicted molar refractivity (Wildman–Crippen MR) is 64.3 cm³/mol. The standard InChI is InChI=1S/C12H24N2O2/c1-10(8-11(15)13-2)14-9-12(4-5-12)6-7-16-3/h10,14H,4-9H2,1-3H3,(H,13,15). The van der Waals surface area contributed by atoms with Crippen LogP contribution in [0.4, 0.5) is 0 Å². The van der Waals surface area contributed by atoms with Gasteiger partial charge in [0.15, 0.2) is 0 Å². The van der Waals surface area contributed by atoms with Gasteiger partial charge in [0.05, 0.1) is 0 Å². The highest BCUT2D eigenvalue weighted by Crippen LogP contribution is 2.48. The van der Waals surface area contributed by atoms with Crippen LogP contribution in [-0.4, -0.2) is 39.3 Å². The molecule has 0 radical (unpaired) electrons. The number of methoxy groups -OCH3 is 1. The summed E-state index contributed by atoms with van der Waals surface area (Å²) in [5, 5.41) is 6.09. The lowest BCUT2D eigenvalue weighted by Crippen LogP contribution is -2.36. The molecule has 1 saturated carbocycles. The molecule has 1 aliphatic carbocycles. The number of hydrogen-bond acceptors (Lipinski definition) is 3. The van der Waals surface area contributed by atoms with E-state index in [-0.39, 0.29) is 11.9 Å². The van der Waals surface area contributed by atoms with Crippen LogP contribution >= 0.6 is 0 Å². The van der Waals surface area contributed by atoms with Crippen LogP contribution in [0.1, 0.15) is 32.6 Å². The van der Waals surface area contributed by atoms with Crippen molar-refractivity contribution >= 4 is 5.91 Å². The van der Waals surface area contributed by atoms with Gasteiger partial charge < -0.3 is 15.4 Å². The quantitative estimate of drug-likeness (QED) is 0.649. The van der Waals surface area contributed by atoms with E-state index in [9.17, 15) is 4.79 Å². The smallest absolute Gasteiger partial charge is 0.221 e. The van der Waals surface area contributed by atoms with Gasteiger partial charge in [-0.15, -0.1) is 0 Å². The number of amides is 1. The minimum absolute atomic E-state index is 0.0988. The van der Waals surface area contributed by atoms with Gasteiger partial charge in [-0.25, -0.2) is 0 Å². The summed E-state index contributed by atoms with van der Waals surface area (Å²) in [5.74, 6) is 0.0988. The Morgan fingerprint density at radius 1 is 1.50 bits per heavy atom. The van der Waals surface area contributed by atoms with E-state index in [0.29, 0.717) is 11.8 Å². The molecule has 1 fully saturated rings. The van der Waals surface area contributed by atoms with Gasteiger partial charge in [-0.3, -0.25) is 4.79 Å². The van der Waals surface area contributed by atoms with Crippen LogP contribution in [0.15, 0.2) is 0 Å². The molecule has 0 aromatic heterocycles. The molecule has 0 heterocycles. The van der Waals surface area contributed by atoms with Gasteiger partial charge in [0, 0.05) is 39.8 Å². The fourth-order valence-corrected chi connectivity index (χ4v) is 1.85. The molecule has 94 valence electrons. The van der Waals surface area contributed by atoms with Gasteiger partial charge in [0.25, 0.3) is 0 Å². The third kappa shape index (κ3) is 4.49. The van der Waals surface area contributed by atoms with Gasteiger partial charge in [-0.1, -0.05) is 0 Å². The van der Waals surface area contributed by atoms with Crippen LogP contribution in [0.25, 0.3) is 0 Å². The summed E-state index contributed by atoms with van der Waals surface area (Å²) in [7, 11) is 3.42. The summed E-state index contributed by atoms with van der Waals surface area (Å²) >= 11 is 0. The first-order chi connectivity index (χ1) is 7.62. The van der Waals surface area contributed by atoms with Crippen molar-refractivity contribution in [3.63, 3.8) is 0 Å². The molecule has 1 aliphatic rings. The molecule has 0 aromatic carbocycles. The molecule has 1 unspecified atom stereocenters. The molecule has 0 aromatic rings. The highest BCUT2D eigenvalue weighted by Gasteiger charge is 2.41. The fraction of sp³-hybridized carbons (Fsp3) is 0.917. The van der Waals surface area contributed by atoms with Crippen molar-refractivity contribution < 1.29 is 9.53 Å². The molecule has 0 spiro atoms. The molecule has 4 heteroatoms. The number of hydrogen-bond donors (Lipinski definition) is 2. The first-order valence-corrected chi connectivity index (χ1v) is 6.05. The number of rotatable bonds is 8. The van der Waals surface area contributed by atoms with E-state index in [1.54, 1.807) is 14.2 Å². The lowest BCUT2D eigenvalue weighted by molar-refractivity contribution is -0.121. The zero-order chi connectivity index (χ0) is 12.0. The fourth-order valence-electron chi connectivity index (χ4n) is 1.85. The molecular formula is C12H24N2O2. The van der Waals surface area contributed by atoms with Gasteiger partial charge in [0.2, 0.25) is 5.91 Å². The minimum atomic E-state index is 0.0988. The average Bonchev–Trinajstić information content (AvgIpc) is 3.04. The van der Waals surface area contributed by atoms with E-state index in [2.05, 4.69) is 17.6 Å². The Kier molecular flexibility index (Phi) is 5.22. The Bertz CT molecular complexity index is 227. The molecule has 0 saturated heterocycles. The zero-order valence-electron chi connectivity index (χ0n) is 10.6. The highest BCUT2D eigenvalue weighted by molar-refractivity contribution is 5.76. The highest BCUT2D eigenvalue weighted by atomic mass is 16.5. The van der Waals surface area contributed by atoms with Crippen molar-refractivity contribution in [2.45, 2.75) is 38.6 Å². The van der Waals surface area contributed by atoms with Crippen LogP contribution < -0.4 is 10.6 Å². The maximum Gasteiger partial charge on any atom is 0.221 e. The van der Waals surface area contributed by atoms with Crippen molar-refractivity contribution in [1.82, 2.24) is 10.6 Å². The van der Waals surface area contributed by atoms with Gasteiger partial charge in [-0.05, 0) is 31.6 Å². The topological polar surface area (TPSA) is 50.4 Å². The average molecular weight is 228 g/mol. The lowest BCUT2D eigenvalue weighted by Gasteiger charge is -2.19. The summed E-state index contributed by atoms with van der Waals surface area (Å²) < 4.78 is 5.11. The van der Waals surface area contributed by atoms with E-state index in [1.165, 1.54) is 12.8 Å².